The van der Waals surface area contributed by atoms with E-state index in [1.54, 1.807) is 7.11 Å². The lowest BCUT2D eigenvalue weighted by molar-refractivity contribution is 0.1000. The van der Waals surface area contributed by atoms with Crippen LogP contribution in [0.4, 0.5) is 0 Å². The highest BCUT2D eigenvalue weighted by atomic mass is 35.5. The second-order valence-corrected chi connectivity index (χ2v) is 7.86. The van der Waals surface area contributed by atoms with E-state index in [0.29, 0.717) is 25.4 Å². The van der Waals surface area contributed by atoms with Gasteiger partial charge in [0.25, 0.3) is 0 Å². The molecule has 0 aromatic heterocycles. The van der Waals surface area contributed by atoms with Gasteiger partial charge in [-0.2, -0.15) is 4.31 Å². The normalized spacial score (nSPS) is 17.7. The molecule has 1 amide bonds. The van der Waals surface area contributed by atoms with E-state index in [4.69, 9.17) is 10.5 Å². The van der Waals surface area contributed by atoms with Gasteiger partial charge in [0.05, 0.1) is 18.0 Å². The fraction of sp³-hybridized carbons (Fsp3) is 0.278. The van der Waals surface area contributed by atoms with E-state index in [1.807, 2.05) is 24.3 Å². The van der Waals surface area contributed by atoms with E-state index in [9.17, 15) is 13.2 Å². The van der Waals surface area contributed by atoms with Crippen molar-refractivity contribution in [3.8, 4) is 5.75 Å². The number of nitrogens with two attached hydrogens (primary N) is 1. The van der Waals surface area contributed by atoms with Crippen molar-refractivity contribution >= 4 is 28.3 Å². The number of primary amides is 1. The van der Waals surface area contributed by atoms with Crippen LogP contribution in [0.1, 0.15) is 22.0 Å². The van der Waals surface area contributed by atoms with Gasteiger partial charge in [0.2, 0.25) is 15.9 Å². The molecule has 7 nitrogen and oxygen atoms in total. The molecule has 3 N–H and O–H groups in total. The van der Waals surface area contributed by atoms with Crippen LogP contribution in [0.25, 0.3) is 0 Å². The van der Waals surface area contributed by atoms with Crippen LogP contribution in [0.5, 0.6) is 5.75 Å². The molecule has 3 rings (SSSR count). The summed E-state index contributed by atoms with van der Waals surface area (Å²) in [6.45, 7) is 1.38. The predicted molar refractivity (Wildman–Crippen MR) is 105 cm³/mol. The van der Waals surface area contributed by atoms with Gasteiger partial charge in [-0.25, -0.2) is 8.42 Å². The monoisotopic (exact) mass is 411 g/mol. The number of benzene rings is 2. The van der Waals surface area contributed by atoms with Crippen LogP contribution >= 0.6 is 12.4 Å². The number of carbonyl (C=O) groups excluding carboxylic acids is 1. The van der Waals surface area contributed by atoms with Crippen LogP contribution in [0, 0.1) is 0 Å². The molecule has 2 aromatic rings. The molecule has 0 aliphatic carbocycles. The lowest BCUT2D eigenvalue weighted by Crippen LogP contribution is -2.48. The Labute approximate surface area is 165 Å². The van der Waals surface area contributed by atoms with Crippen molar-refractivity contribution in [2.75, 3.05) is 26.7 Å². The molecule has 0 spiro atoms. The highest BCUT2D eigenvalue weighted by Crippen LogP contribution is 2.33. The van der Waals surface area contributed by atoms with Crippen molar-refractivity contribution < 1.29 is 17.9 Å². The Kier molecular flexibility index (Phi) is 6.83. The van der Waals surface area contributed by atoms with Crippen molar-refractivity contribution in [3.05, 3.63) is 59.7 Å². The third kappa shape index (κ3) is 4.24. The Morgan fingerprint density at radius 2 is 1.85 bits per heavy atom. The first-order valence-electron chi connectivity index (χ1n) is 8.20. The number of methoxy groups -OCH3 is 1. The number of halogens is 1. The number of rotatable bonds is 5. The lowest BCUT2D eigenvalue weighted by atomic mass is 10.0. The van der Waals surface area contributed by atoms with Crippen molar-refractivity contribution in [2.45, 2.75) is 10.9 Å². The van der Waals surface area contributed by atoms with Gasteiger partial charge in [-0.15, -0.1) is 12.4 Å². The van der Waals surface area contributed by atoms with Gasteiger partial charge < -0.3 is 15.8 Å². The van der Waals surface area contributed by atoms with E-state index in [1.165, 1.54) is 28.6 Å². The van der Waals surface area contributed by atoms with Crippen molar-refractivity contribution in [3.63, 3.8) is 0 Å². The van der Waals surface area contributed by atoms with Gasteiger partial charge in [-0.3, -0.25) is 4.79 Å². The number of amides is 1. The number of hydrogen-bond acceptors (Lipinski definition) is 5. The van der Waals surface area contributed by atoms with Crippen LogP contribution in [-0.4, -0.2) is 45.4 Å². The third-order valence-electron chi connectivity index (χ3n) is 4.44. The van der Waals surface area contributed by atoms with Gasteiger partial charge in [0.15, 0.2) is 0 Å². The Balaban J connectivity index is 0.00000261. The van der Waals surface area contributed by atoms with Gasteiger partial charge in [-0.05, 0) is 30.3 Å². The second kappa shape index (κ2) is 8.71. The number of para-hydroxylation sites is 1. The number of nitrogens with zero attached hydrogens (tertiary/aromatic N) is 1. The topological polar surface area (TPSA) is 102 Å². The molecule has 1 heterocycles. The fourth-order valence-electron chi connectivity index (χ4n) is 3.11. The first kappa shape index (κ1) is 21.2. The van der Waals surface area contributed by atoms with E-state index in [0.717, 1.165) is 5.56 Å². The summed E-state index contributed by atoms with van der Waals surface area (Å²) in [5.41, 5.74) is 6.30. The average molecular weight is 412 g/mol. The lowest BCUT2D eigenvalue weighted by Gasteiger charge is -2.36. The van der Waals surface area contributed by atoms with Crippen molar-refractivity contribution in [1.82, 2.24) is 9.62 Å². The predicted octanol–water partition coefficient (Wildman–Crippen LogP) is 1.55. The second-order valence-electron chi connectivity index (χ2n) is 5.97. The van der Waals surface area contributed by atoms with Crippen LogP contribution in [-0.2, 0) is 10.0 Å². The van der Waals surface area contributed by atoms with Crippen LogP contribution in [0.3, 0.4) is 0 Å². The summed E-state index contributed by atoms with van der Waals surface area (Å²) >= 11 is 0. The molecule has 1 unspecified atom stereocenters. The molecule has 1 fully saturated rings. The minimum atomic E-state index is -3.74. The van der Waals surface area contributed by atoms with Gasteiger partial charge in [0, 0.05) is 30.8 Å². The molecule has 0 radical (unpaired) electrons. The van der Waals surface area contributed by atoms with Crippen LogP contribution < -0.4 is 15.8 Å². The molecule has 1 aliphatic rings. The Hall–Kier alpha value is -2.13. The maximum atomic E-state index is 13.2. The number of nitrogens with one attached hydrogen (secondary N) is 1. The van der Waals surface area contributed by atoms with Gasteiger partial charge in [0.1, 0.15) is 5.75 Å². The molecule has 1 atom stereocenters. The van der Waals surface area contributed by atoms with Gasteiger partial charge >= 0.3 is 0 Å². The molecule has 27 heavy (non-hydrogen) atoms. The molecule has 0 saturated carbocycles. The molecule has 1 saturated heterocycles. The van der Waals surface area contributed by atoms with Crippen molar-refractivity contribution in [2.24, 2.45) is 5.73 Å². The summed E-state index contributed by atoms with van der Waals surface area (Å²) in [4.78, 5) is 11.3. The summed E-state index contributed by atoms with van der Waals surface area (Å²) < 4.78 is 33.3. The summed E-state index contributed by atoms with van der Waals surface area (Å²) in [6.07, 6.45) is 0. The Morgan fingerprint density at radius 3 is 2.48 bits per heavy atom. The molecular formula is C18H22ClN3O4S. The van der Waals surface area contributed by atoms with E-state index in [-0.39, 0.29) is 28.9 Å². The third-order valence-corrected chi connectivity index (χ3v) is 6.36. The zero-order valence-corrected chi connectivity index (χ0v) is 16.4. The minimum absolute atomic E-state index is 0. The Bertz CT molecular complexity index is 903. The quantitative estimate of drug-likeness (QED) is 0.777. The number of carbonyl (C=O) groups is 1. The largest absolute Gasteiger partial charge is 0.496 e. The molecule has 1 aliphatic heterocycles. The number of sulfonamides is 1. The van der Waals surface area contributed by atoms with E-state index in [2.05, 4.69) is 5.32 Å². The van der Waals surface area contributed by atoms with Crippen LogP contribution in [0.15, 0.2) is 53.4 Å². The molecule has 9 heteroatoms. The summed E-state index contributed by atoms with van der Waals surface area (Å²) in [7, 11) is -2.18. The zero-order valence-electron chi connectivity index (χ0n) is 14.8. The highest BCUT2D eigenvalue weighted by Gasteiger charge is 2.35. The SMILES string of the molecule is COc1ccccc1C1CNCCN1S(=O)(=O)c1ccc(C(N)=O)cc1.Cl. The maximum absolute atomic E-state index is 13.2. The average Bonchev–Trinajstić information content (AvgIpc) is 2.68. The Morgan fingerprint density at radius 1 is 1.19 bits per heavy atom. The number of piperazine rings is 1. The van der Waals surface area contributed by atoms with Gasteiger partial charge in [-0.1, -0.05) is 18.2 Å². The number of hydrogen-bond donors (Lipinski definition) is 2. The van der Waals surface area contributed by atoms with Crippen molar-refractivity contribution in [1.29, 1.82) is 0 Å². The molecule has 0 bridgehead atoms. The molecule has 2 aromatic carbocycles. The zero-order chi connectivity index (χ0) is 18.7. The summed E-state index contributed by atoms with van der Waals surface area (Å²) in [6, 6.07) is 12.7. The molecular weight excluding hydrogens is 390 g/mol. The summed E-state index contributed by atoms with van der Waals surface area (Å²) in [5.74, 6) is 0.0495. The fourth-order valence-corrected chi connectivity index (χ4v) is 4.71. The van der Waals surface area contributed by atoms with Crippen LogP contribution in [0.2, 0.25) is 0 Å². The molecule has 146 valence electrons. The summed E-state index contributed by atoms with van der Waals surface area (Å²) in [5, 5.41) is 3.24. The first-order valence-corrected chi connectivity index (χ1v) is 9.64. The first-order chi connectivity index (χ1) is 12.4. The smallest absolute Gasteiger partial charge is 0.248 e. The maximum Gasteiger partial charge on any atom is 0.248 e. The number of ether oxygens (including phenoxy) is 1. The van der Waals surface area contributed by atoms with E-state index >= 15 is 0 Å². The minimum Gasteiger partial charge on any atom is -0.496 e. The standard InChI is InChI=1S/C18H21N3O4S.ClH/c1-25-17-5-3-2-4-15(17)16-12-20-10-11-21(16)26(23,24)14-8-6-13(7-9-14)18(19)22;/h2-9,16,20H,10-12H2,1H3,(H2,19,22);1H. The van der Waals surface area contributed by atoms with E-state index < -0.39 is 15.9 Å². The highest BCUT2D eigenvalue weighted by molar-refractivity contribution is 7.89.